The van der Waals surface area contributed by atoms with Crippen molar-refractivity contribution in [3.05, 3.63) is 0 Å². The Labute approximate surface area is 79.5 Å². The molecule has 2 fully saturated rings. The molecule has 0 bridgehead atoms. The Morgan fingerprint density at radius 1 is 1.62 bits per heavy atom. The van der Waals surface area contributed by atoms with Crippen LogP contribution in [0.4, 0.5) is 0 Å². The molecule has 2 unspecified atom stereocenters. The summed E-state index contributed by atoms with van der Waals surface area (Å²) in [7, 11) is 2.02. The molecule has 1 aliphatic heterocycles. The predicted octanol–water partition coefficient (Wildman–Crippen LogP) is 0.607. The van der Waals surface area contributed by atoms with Gasteiger partial charge < -0.3 is 10.2 Å². The third kappa shape index (κ3) is 1.46. The van der Waals surface area contributed by atoms with E-state index in [0.29, 0.717) is 11.5 Å². The number of carbonyl (C=O) groups is 1. The predicted molar refractivity (Wildman–Crippen MR) is 51.4 cm³/mol. The van der Waals surface area contributed by atoms with Crippen molar-refractivity contribution >= 4 is 5.91 Å². The highest BCUT2D eigenvalue weighted by Crippen LogP contribution is 2.52. The molecule has 3 heteroatoms. The molecule has 1 saturated heterocycles. The van der Waals surface area contributed by atoms with Gasteiger partial charge in [-0.15, -0.1) is 0 Å². The highest BCUT2D eigenvalue weighted by molar-refractivity contribution is 5.73. The van der Waals surface area contributed by atoms with Crippen molar-refractivity contribution in [1.82, 2.24) is 10.2 Å². The maximum Gasteiger partial charge on any atom is 0.219 e. The summed E-state index contributed by atoms with van der Waals surface area (Å²) >= 11 is 0. The minimum Gasteiger partial charge on any atom is -0.342 e. The summed E-state index contributed by atoms with van der Waals surface area (Å²) in [5, 5.41) is 3.32. The van der Waals surface area contributed by atoms with Gasteiger partial charge in [-0.2, -0.15) is 0 Å². The molecule has 1 amide bonds. The zero-order valence-electron chi connectivity index (χ0n) is 8.47. The number of nitrogens with one attached hydrogen (secondary N) is 1. The van der Waals surface area contributed by atoms with Crippen LogP contribution in [-0.4, -0.2) is 37.0 Å². The second kappa shape index (κ2) is 2.98. The van der Waals surface area contributed by atoms with Crippen LogP contribution >= 0.6 is 0 Å². The molecule has 1 N–H and O–H groups in total. The number of hydrogen-bond acceptors (Lipinski definition) is 2. The molecule has 0 aromatic carbocycles. The van der Waals surface area contributed by atoms with Crippen LogP contribution in [-0.2, 0) is 4.79 Å². The van der Waals surface area contributed by atoms with Gasteiger partial charge in [-0.1, -0.05) is 0 Å². The Bertz CT molecular complexity index is 229. The van der Waals surface area contributed by atoms with Gasteiger partial charge in [0.15, 0.2) is 0 Å². The number of carbonyl (C=O) groups excluding carboxylic acids is 1. The van der Waals surface area contributed by atoms with Crippen LogP contribution in [0.5, 0.6) is 0 Å². The monoisotopic (exact) mass is 182 g/mol. The number of hydrogen-bond donors (Lipinski definition) is 1. The van der Waals surface area contributed by atoms with Crippen molar-refractivity contribution in [3.63, 3.8) is 0 Å². The number of amides is 1. The largest absolute Gasteiger partial charge is 0.342 e. The van der Waals surface area contributed by atoms with Gasteiger partial charge in [0.2, 0.25) is 5.91 Å². The van der Waals surface area contributed by atoms with Crippen molar-refractivity contribution < 1.29 is 4.79 Å². The van der Waals surface area contributed by atoms with Crippen LogP contribution in [0, 0.1) is 5.41 Å². The zero-order chi connectivity index (χ0) is 9.47. The Morgan fingerprint density at radius 2 is 2.38 bits per heavy atom. The molecule has 1 heterocycles. The molecular weight excluding hydrogens is 164 g/mol. The van der Waals surface area contributed by atoms with Crippen LogP contribution in [0.1, 0.15) is 26.2 Å². The van der Waals surface area contributed by atoms with Crippen LogP contribution in [0.25, 0.3) is 0 Å². The van der Waals surface area contributed by atoms with Crippen LogP contribution < -0.4 is 5.32 Å². The Morgan fingerprint density at radius 3 is 2.92 bits per heavy atom. The third-order valence-corrected chi connectivity index (χ3v) is 3.59. The Kier molecular flexibility index (Phi) is 2.06. The number of rotatable bonds is 1. The highest BCUT2D eigenvalue weighted by Gasteiger charge is 2.55. The van der Waals surface area contributed by atoms with E-state index >= 15 is 0 Å². The lowest BCUT2D eigenvalue weighted by molar-refractivity contribution is -0.131. The van der Waals surface area contributed by atoms with Crippen LogP contribution in [0.3, 0.4) is 0 Å². The fourth-order valence-corrected chi connectivity index (χ4v) is 2.64. The Balaban J connectivity index is 1.98. The molecule has 1 spiro atoms. The van der Waals surface area contributed by atoms with Crippen LogP contribution in [0.2, 0.25) is 0 Å². The fourth-order valence-electron chi connectivity index (χ4n) is 2.64. The third-order valence-electron chi connectivity index (χ3n) is 3.59. The summed E-state index contributed by atoms with van der Waals surface area (Å²) in [6.45, 7) is 3.62. The normalized spacial score (nSPS) is 38.0. The summed E-state index contributed by atoms with van der Waals surface area (Å²) in [6.07, 6.45) is 3.73. The minimum atomic E-state index is 0.237. The standard InChI is InChI=1S/C10H18N2O/c1-8(13)12-5-3-4-10(7-12)6-9(10)11-2/h9,11H,3-7H2,1-2H3. The molecule has 0 aromatic heterocycles. The first-order chi connectivity index (χ1) is 6.18. The van der Waals surface area contributed by atoms with E-state index < -0.39 is 0 Å². The second-order valence-corrected chi connectivity index (χ2v) is 4.45. The van der Waals surface area contributed by atoms with E-state index in [0.717, 1.165) is 13.1 Å². The van der Waals surface area contributed by atoms with E-state index in [9.17, 15) is 4.79 Å². The lowest BCUT2D eigenvalue weighted by Crippen LogP contribution is -2.42. The summed E-state index contributed by atoms with van der Waals surface area (Å²) in [5.74, 6) is 0.237. The average molecular weight is 182 g/mol. The lowest BCUT2D eigenvalue weighted by atomic mass is 9.94. The second-order valence-electron chi connectivity index (χ2n) is 4.45. The Hall–Kier alpha value is -0.570. The first-order valence-corrected chi connectivity index (χ1v) is 5.11. The molecule has 0 aromatic rings. The molecule has 13 heavy (non-hydrogen) atoms. The molecule has 1 saturated carbocycles. The quantitative estimate of drug-likeness (QED) is 0.644. The van der Waals surface area contributed by atoms with Gasteiger partial charge in [0, 0.05) is 31.5 Å². The van der Waals surface area contributed by atoms with Gasteiger partial charge in [-0.25, -0.2) is 0 Å². The summed E-state index contributed by atoms with van der Waals surface area (Å²) in [6, 6.07) is 0.662. The van der Waals surface area contributed by atoms with E-state index in [4.69, 9.17) is 0 Å². The van der Waals surface area contributed by atoms with Gasteiger partial charge in [0.1, 0.15) is 0 Å². The molecule has 0 radical (unpaired) electrons. The van der Waals surface area contributed by atoms with Crippen molar-refractivity contribution in [3.8, 4) is 0 Å². The molecule has 2 atom stereocenters. The van der Waals surface area contributed by atoms with Gasteiger partial charge >= 0.3 is 0 Å². The summed E-state index contributed by atoms with van der Waals surface area (Å²) in [4.78, 5) is 13.2. The van der Waals surface area contributed by atoms with Crippen molar-refractivity contribution in [2.75, 3.05) is 20.1 Å². The summed E-state index contributed by atoms with van der Waals surface area (Å²) < 4.78 is 0. The highest BCUT2D eigenvalue weighted by atomic mass is 16.2. The van der Waals surface area contributed by atoms with Crippen molar-refractivity contribution in [1.29, 1.82) is 0 Å². The van der Waals surface area contributed by atoms with E-state index in [-0.39, 0.29) is 5.91 Å². The molecule has 3 nitrogen and oxygen atoms in total. The van der Waals surface area contributed by atoms with Crippen LogP contribution in [0.15, 0.2) is 0 Å². The number of nitrogens with zero attached hydrogens (tertiary/aromatic N) is 1. The number of likely N-dealkylation sites (tertiary alicyclic amines) is 1. The maximum atomic E-state index is 11.2. The first-order valence-electron chi connectivity index (χ1n) is 5.11. The maximum absolute atomic E-state index is 11.2. The zero-order valence-corrected chi connectivity index (χ0v) is 8.47. The van der Waals surface area contributed by atoms with Gasteiger partial charge in [0.05, 0.1) is 0 Å². The molecule has 2 rings (SSSR count). The van der Waals surface area contributed by atoms with Gasteiger partial charge in [-0.05, 0) is 26.3 Å². The fraction of sp³-hybridized carbons (Fsp3) is 0.900. The minimum absolute atomic E-state index is 0.237. The van der Waals surface area contributed by atoms with E-state index in [2.05, 4.69) is 5.32 Å². The summed E-state index contributed by atoms with van der Waals surface area (Å²) in [5.41, 5.74) is 0.443. The lowest BCUT2D eigenvalue weighted by Gasteiger charge is -2.33. The van der Waals surface area contributed by atoms with Gasteiger partial charge in [0.25, 0.3) is 0 Å². The molecule has 2 aliphatic rings. The van der Waals surface area contributed by atoms with Crippen molar-refractivity contribution in [2.24, 2.45) is 5.41 Å². The SMILES string of the molecule is CNC1CC12CCCN(C(C)=O)C2. The smallest absolute Gasteiger partial charge is 0.219 e. The molecule has 74 valence electrons. The van der Waals surface area contributed by atoms with Gasteiger partial charge in [-0.3, -0.25) is 4.79 Å². The van der Waals surface area contributed by atoms with Crippen molar-refractivity contribution in [2.45, 2.75) is 32.2 Å². The molecular formula is C10H18N2O. The molecule has 1 aliphatic carbocycles. The topological polar surface area (TPSA) is 32.3 Å². The number of piperidine rings is 1. The average Bonchev–Trinajstić information content (AvgIpc) is 2.78. The first kappa shape index (κ1) is 9.00. The van der Waals surface area contributed by atoms with E-state index in [1.807, 2.05) is 11.9 Å². The van der Waals surface area contributed by atoms with E-state index in [1.54, 1.807) is 6.92 Å². The van der Waals surface area contributed by atoms with E-state index in [1.165, 1.54) is 19.3 Å².